The van der Waals surface area contributed by atoms with Crippen molar-refractivity contribution in [1.82, 2.24) is 10.2 Å². The van der Waals surface area contributed by atoms with Crippen LogP contribution in [0, 0.1) is 0 Å². The highest BCUT2D eigenvalue weighted by atomic mass is 16.4. The van der Waals surface area contributed by atoms with E-state index in [1.165, 1.54) is 0 Å². The summed E-state index contributed by atoms with van der Waals surface area (Å²) in [5.74, 6) is 1.07. The maximum absolute atomic E-state index is 9.93. The summed E-state index contributed by atoms with van der Waals surface area (Å²) in [6.45, 7) is 0. The minimum atomic E-state index is 0.182. The molecule has 0 aromatic carbocycles. The molecule has 2 rings (SSSR count). The van der Waals surface area contributed by atoms with Crippen molar-refractivity contribution < 1.29 is 9.21 Å². The van der Waals surface area contributed by atoms with Gasteiger partial charge < -0.3 is 4.42 Å². The van der Waals surface area contributed by atoms with E-state index >= 15 is 0 Å². The summed E-state index contributed by atoms with van der Waals surface area (Å²) in [5, 5.41) is 9.66. The smallest absolute Gasteiger partial charge is 0.322 e. The van der Waals surface area contributed by atoms with Crippen LogP contribution in [-0.2, 0) is 4.79 Å². The highest BCUT2D eigenvalue weighted by Crippen LogP contribution is 2.39. The van der Waals surface area contributed by atoms with Gasteiger partial charge in [0, 0.05) is 5.92 Å². The van der Waals surface area contributed by atoms with E-state index in [0.29, 0.717) is 18.2 Å². The number of nitrogens with one attached hydrogen (secondary N) is 1. The SMILES string of the molecule is O=CNc1nnc(C2CC2)o1. The zero-order valence-corrected chi connectivity index (χ0v) is 5.78. The summed E-state index contributed by atoms with van der Waals surface area (Å²) in [6.07, 6.45) is 2.75. The van der Waals surface area contributed by atoms with Gasteiger partial charge in [-0.1, -0.05) is 5.10 Å². The average Bonchev–Trinajstić information content (AvgIpc) is 2.75. The van der Waals surface area contributed by atoms with E-state index in [-0.39, 0.29) is 6.01 Å². The van der Waals surface area contributed by atoms with Crippen molar-refractivity contribution in [1.29, 1.82) is 0 Å². The van der Waals surface area contributed by atoms with Crippen LogP contribution in [0.3, 0.4) is 0 Å². The van der Waals surface area contributed by atoms with Crippen LogP contribution in [-0.4, -0.2) is 16.6 Å². The predicted octanol–water partition coefficient (Wildman–Crippen LogP) is 0.515. The van der Waals surface area contributed by atoms with E-state index in [1.807, 2.05) is 0 Å². The van der Waals surface area contributed by atoms with Crippen LogP contribution in [0.2, 0.25) is 0 Å². The van der Waals surface area contributed by atoms with Crippen LogP contribution < -0.4 is 5.32 Å². The topological polar surface area (TPSA) is 68.0 Å². The fourth-order valence-corrected chi connectivity index (χ4v) is 0.839. The van der Waals surface area contributed by atoms with E-state index in [4.69, 9.17) is 4.42 Å². The Labute approximate surface area is 62.8 Å². The van der Waals surface area contributed by atoms with Crippen molar-refractivity contribution in [2.75, 3.05) is 5.32 Å². The molecule has 0 atom stereocenters. The Kier molecular flexibility index (Phi) is 1.34. The Balaban J connectivity index is 2.11. The number of nitrogens with zero attached hydrogens (tertiary/aromatic N) is 2. The van der Waals surface area contributed by atoms with Crippen molar-refractivity contribution in [2.24, 2.45) is 0 Å². The lowest BCUT2D eigenvalue weighted by atomic mass is 10.4. The summed E-state index contributed by atoms with van der Waals surface area (Å²) in [5.41, 5.74) is 0. The van der Waals surface area contributed by atoms with Crippen molar-refractivity contribution in [3.8, 4) is 0 Å². The molecule has 1 aliphatic rings. The first-order valence-corrected chi connectivity index (χ1v) is 3.44. The van der Waals surface area contributed by atoms with Gasteiger partial charge in [-0.15, -0.1) is 5.10 Å². The Bertz CT molecular complexity index is 267. The number of rotatable bonds is 3. The lowest BCUT2D eigenvalue weighted by Gasteiger charge is -1.85. The average molecular weight is 153 g/mol. The van der Waals surface area contributed by atoms with Crippen molar-refractivity contribution in [3.63, 3.8) is 0 Å². The van der Waals surface area contributed by atoms with Gasteiger partial charge in [0.15, 0.2) is 0 Å². The molecule has 1 aliphatic carbocycles. The number of carbonyl (C=O) groups excluding carboxylic acids is 1. The normalized spacial score (nSPS) is 16.4. The molecule has 1 amide bonds. The molecular formula is C6H7N3O2. The second-order valence-corrected chi connectivity index (χ2v) is 2.48. The van der Waals surface area contributed by atoms with E-state index in [1.54, 1.807) is 0 Å². The molecule has 11 heavy (non-hydrogen) atoms. The summed E-state index contributed by atoms with van der Waals surface area (Å²) >= 11 is 0. The lowest BCUT2D eigenvalue weighted by molar-refractivity contribution is -0.105. The second-order valence-electron chi connectivity index (χ2n) is 2.48. The molecule has 1 N–H and O–H groups in total. The molecule has 0 aliphatic heterocycles. The summed E-state index contributed by atoms with van der Waals surface area (Å²) in [7, 11) is 0. The van der Waals surface area contributed by atoms with E-state index in [2.05, 4.69) is 15.5 Å². The summed E-state index contributed by atoms with van der Waals surface area (Å²) in [4.78, 5) is 9.93. The van der Waals surface area contributed by atoms with Gasteiger partial charge in [-0.3, -0.25) is 10.1 Å². The zero-order valence-electron chi connectivity index (χ0n) is 5.78. The summed E-state index contributed by atoms with van der Waals surface area (Å²) < 4.78 is 5.08. The molecule has 1 aromatic heterocycles. The maximum Gasteiger partial charge on any atom is 0.322 e. The zero-order chi connectivity index (χ0) is 7.68. The molecule has 1 heterocycles. The highest BCUT2D eigenvalue weighted by molar-refractivity contribution is 5.65. The molecule has 1 saturated carbocycles. The van der Waals surface area contributed by atoms with Gasteiger partial charge in [0.25, 0.3) is 0 Å². The first-order chi connectivity index (χ1) is 5.40. The third-order valence-corrected chi connectivity index (χ3v) is 1.55. The van der Waals surface area contributed by atoms with Gasteiger partial charge in [-0.05, 0) is 12.8 Å². The van der Waals surface area contributed by atoms with Crippen molar-refractivity contribution >= 4 is 12.4 Å². The standard InChI is InChI=1S/C6H7N3O2/c10-3-7-6-9-8-5(11-6)4-1-2-4/h3-4H,1-2H2,(H,7,9,10). The minimum absolute atomic E-state index is 0.182. The van der Waals surface area contributed by atoms with Gasteiger partial charge in [-0.2, -0.15) is 0 Å². The third-order valence-electron chi connectivity index (χ3n) is 1.55. The minimum Gasteiger partial charge on any atom is -0.408 e. The van der Waals surface area contributed by atoms with Crippen LogP contribution in [0.4, 0.5) is 6.01 Å². The van der Waals surface area contributed by atoms with E-state index in [0.717, 1.165) is 12.8 Å². The van der Waals surface area contributed by atoms with Crippen LogP contribution in [0.5, 0.6) is 0 Å². The van der Waals surface area contributed by atoms with Crippen LogP contribution in [0.15, 0.2) is 4.42 Å². The second kappa shape index (κ2) is 2.34. The first-order valence-electron chi connectivity index (χ1n) is 3.44. The van der Waals surface area contributed by atoms with Gasteiger partial charge >= 0.3 is 6.01 Å². The number of amides is 1. The largest absolute Gasteiger partial charge is 0.408 e. The molecule has 1 aromatic rings. The molecule has 5 heteroatoms. The number of hydrogen-bond donors (Lipinski definition) is 1. The lowest BCUT2D eigenvalue weighted by Crippen LogP contribution is -1.92. The number of hydrogen-bond acceptors (Lipinski definition) is 4. The van der Waals surface area contributed by atoms with Gasteiger partial charge in [-0.25, -0.2) is 0 Å². The Morgan fingerprint density at radius 3 is 3.00 bits per heavy atom. The molecule has 1 fully saturated rings. The Morgan fingerprint density at radius 2 is 2.36 bits per heavy atom. The van der Waals surface area contributed by atoms with Crippen LogP contribution >= 0.6 is 0 Å². The molecule has 5 nitrogen and oxygen atoms in total. The third kappa shape index (κ3) is 1.21. The molecule has 0 radical (unpaired) electrons. The molecule has 0 unspecified atom stereocenters. The van der Waals surface area contributed by atoms with E-state index < -0.39 is 0 Å². The molecule has 0 spiro atoms. The predicted molar refractivity (Wildman–Crippen MR) is 36.0 cm³/mol. The van der Waals surface area contributed by atoms with Crippen molar-refractivity contribution in [2.45, 2.75) is 18.8 Å². The molecule has 58 valence electrons. The Hall–Kier alpha value is -1.39. The van der Waals surface area contributed by atoms with E-state index in [9.17, 15) is 4.79 Å². The maximum atomic E-state index is 9.93. The van der Waals surface area contributed by atoms with Gasteiger partial charge in [0.2, 0.25) is 12.3 Å². The quantitative estimate of drug-likeness (QED) is 0.642. The molecule has 0 bridgehead atoms. The molecular weight excluding hydrogens is 146 g/mol. The number of carbonyl (C=O) groups is 1. The monoisotopic (exact) mass is 153 g/mol. The first kappa shape index (κ1) is 6.33. The highest BCUT2D eigenvalue weighted by Gasteiger charge is 2.29. The Morgan fingerprint density at radius 1 is 1.55 bits per heavy atom. The molecule has 0 saturated heterocycles. The van der Waals surface area contributed by atoms with Crippen LogP contribution in [0.25, 0.3) is 0 Å². The van der Waals surface area contributed by atoms with Crippen LogP contribution in [0.1, 0.15) is 24.7 Å². The fraction of sp³-hybridized carbons (Fsp3) is 0.500. The number of aromatic nitrogens is 2. The number of anilines is 1. The summed E-state index contributed by atoms with van der Waals surface area (Å²) in [6, 6.07) is 0.182. The van der Waals surface area contributed by atoms with Gasteiger partial charge in [0.05, 0.1) is 0 Å². The van der Waals surface area contributed by atoms with Crippen molar-refractivity contribution in [3.05, 3.63) is 5.89 Å². The fourth-order valence-electron chi connectivity index (χ4n) is 0.839. The van der Waals surface area contributed by atoms with Gasteiger partial charge in [0.1, 0.15) is 0 Å².